The molecule has 2 atom stereocenters. The molecular formula is C14H25NO. The van der Waals surface area contributed by atoms with Crippen molar-refractivity contribution in [2.75, 3.05) is 6.54 Å². The predicted molar refractivity (Wildman–Crippen MR) is 67.4 cm³/mol. The predicted octanol–water partition coefficient (Wildman–Crippen LogP) is 2.77. The number of nitrogens with one attached hydrogen (secondary N) is 1. The Kier molecular flexibility index (Phi) is 4.04. The maximum atomic E-state index is 10.6. The summed E-state index contributed by atoms with van der Waals surface area (Å²) >= 11 is 0. The Morgan fingerprint density at radius 2 is 2.25 bits per heavy atom. The first-order chi connectivity index (χ1) is 7.68. The van der Waals surface area contributed by atoms with Gasteiger partial charge < -0.3 is 10.4 Å². The monoisotopic (exact) mass is 223 g/mol. The third kappa shape index (κ3) is 3.08. The van der Waals surface area contributed by atoms with Gasteiger partial charge in [0.25, 0.3) is 0 Å². The van der Waals surface area contributed by atoms with Crippen molar-refractivity contribution in [1.29, 1.82) is 0 Å². The minimum absolute atomic E-state index is 0.520. The fourth-order valence-electron chi connectivity index (χ4n) is 3.04. The summed E-state index contributed by atoms with van der Waals surface area (Å²) < 4.78 is 0. The van der Waals surface area contributed by atoms with E-state index in [-0.39, 0.29) is 0 Å². The van der Waals surface area contributed by atoms with Crippen LogP contribution in [0.3, 0.4) is 0 Å². The zero-order valence-electron chi connectivity index (χ0n) is 10.5. The van der Waals surface area contributed by atoms with Gasteiger partial charge in [-0.15, -0.1) is 0 Å². The molecule has 2 unspecified atom stereocenters. The molecule has 1 fully saturated rings. The third-order valence-corrected chi connectivity index (χ3v) is 4.04. The molecule has 2 rings (SSSR count). The maximum Gasteiger partial charge on any atom is 0.0843 e. The molecule has 0 aromatic carbocycles. The van der Waals surface area contributed by atoms with Gasteiger partial charge in [-0.05, 0) is 64.0 Å². The SMILES string of the molecule is CC(O)(CC1CCCCN1)C1=CCCCC1. The van der Waals surface area contributed by atoms with Crippen LogP contribution < -0.4 is 5.32 Å². The standard InChI is InChI=1S/C14H25NO/c1-14(16,12-7-3-2-4-8-12)11-13-9-5-6-10-15-13/h7,13,15-16H,2-6,8-11H2,1H3. The van der Waals surface area contributed by atoms with E-state index in [1.165, 1.54) is 37.7 Å². The average Bonchev–Trinajstić information content (AvgIpc) is 2.31. The van der Waals surface area contributed by atoms with E-state index in [2.05, 4.69) is 11.4 Å². The number of piperidine rings is 1. The minimum Gasteiger partial charge on any atom is -0.386 e. The van der Waals surface area contributed by atoms with E-state index in [4.69, 9.17) is 0 Å². The lowest BCUT2D eigenvalue weighted by atomic mass is 9.81. The lowest BCUT2D eigenvalue weighted by molar-refractivity contribution is 0.0675. The molecule has 1 heterocycles. The van der Waals surface area contributed by atoms with Gasteiger partial charge in [0.2, 0.25) is 0 Å². The molecule has 0 aromatic heterocycles. The van der Waals surface area contributed by atoms with Gasteiger partial charge in [0.05, 0.1) is 5.60 Å². The van der Waals surface area contributed by atoms with Crippen LogP contribution in [0.4, 0.5) is 0 Å². The molecular weight excluding hydrogens is 198 g/mol. The summed E-state index contributed by atoms with van der Waals surface area (Å²) in [6.07, 6.45) is 11.8. The Morgan fingerprint density at radius 3 is 2.88 bits per heavy atom. The molecule has 1 aliphatic heterocycles. The molecule has 92 valence electrons. The van der Waals surface area contributed by atoms with Crippen LogP contribution in [0.2, 0.25) is 0 Å². The van der Waals surface area contributed by atoms with Gasteiger partial charge in [-0.3, -0.25) is 0 Å². The highest BCUT2D eigenvalue weighted by Crippen LogP contribution is 2.31. The van der Waals surface area contributed by atoms with Crippen LogP contribution in [0.15, 0.2) is 11.6 Å². The Morgan fingerprint density at radius 1 is 1.38 bits per heavy atom. The van der Waals surface area contributed by atoms with Crippen LogP contribution in [0.25, 0.3) is 0 Å². The molecule has 0 saturated carbocycles. The number of hydrogen-bond donors (Lipinski definition) is 2. The molecule has 2 N–H and O–H groups in total. The van der Waals surface area contributed by atoms with Gasteiger partial charge in [-0.1, -0.05) is 12.5 Å². The normalized spacial score (nSPS) is 30.6. The van der Waals surface area contributed by atoms with Crippen LogP contribution in [-0.2, 0) is 0 Å². The van der Waals surface area contributed by atoms with Gasteiger partial charge in [0.1, 0.15) is 0 Å². The van der Waals surface area contributed by atoms with Crippen molar-refractivity contribution in [1.82, 2.24) is 5.32 Å². The minimum atomic E-state index is -0.574. The van der Waals surface area contributed by atoms with Crippen LogP contribution in [-0.4, -0.2) is 23.3 Å². The van der Waals surface area contributed by atoms with Crippen molar-refractivity contribution in [2.45, 2.75) is 69.9 Å². The van der Waals surface area contributed by atoms with E-state index in [9.17, 15) is 5.11 Å². The summed E-state index contributed by atoms with van der Waals surface area (Å²) in [5, 5.41) is 14.1. The van der Waals surface area contributed by atoms with Crippen LogP contribution in [0.5, 0.6) is 0 Å². The summed E-state index contributed by atoms with van der Waals surface area (Å²) in [7, 11) is 0. The highest BCUT2D eigenvalue weighted by atomic mass is 16.3. The van der Waals surface area contributed by atoms with Crippen LogP contribution in [0.1, 0.15) is 58.3 Å². The molecule has 2 aliphatic rings. The van der Waals surface area contributed by atoms with Crippen molar-refractivity contribution in [3.8, 4) is 0 Å². The zero-order valence-corrected chi connectivity index (χ0v) is 10.5. The van der Waals surface area contributed by atoms with Crippen molar-refractivity contribution in [2.24, 2.45) is 0 Å². The van der Waals surface area contributed by atoms with Gasteiger partial charge in [-0.2, -0.15) is 0 Å². The molecule has 0 bridgehead atoms. The van der Waals surface area contributed by atoms with E-state index in [0.29, 0.717) is 6.04 Å². The summed E-state index contributed by atoms with van der Waals surface area (Å²) in [5.41, 5.74) is 0.709. The lowest BCUT2D eigenvalue weighted by Crippen LogP contribution is -2.42. The largest absolute Gasteiger partial charge is 0.386 e. The molecule has 0 amide bonds. The summed E-state index contributed by atoms with van der Waals surface area (Å²) in [6, 6.07) is 0.520. The summed E-state index contributed by atoms with van der Waals surface area (Å²) in [4.78, 5) is 0. The quantitative estimate of drug-likeness (QED) is 0.721. The van der Waals surface area contributed by atoms with Crippen LogP contribution >= 0.6 is 0 Å². The topological polar surface area (TPSA) is 32.3 Å². The molecule has 1 aliphatic carbocycles. The number of aliphatic hydroxyl groups is 1. The van der Waals surface area contributed by atoms with Crippen molar-refractivity contribution in [3.63, 3.8) is 0 Å². The second kappa shape index (κ2) is 5.33. The molecule has 0 radical (unpaired) electrons. The highest BCUT2D eigenvalue weighted by molar-refractivity contribution is 5.17. The first-order valence-electron chi connectivity index (χ1n) is 6.84. The van der Waals surface area contributed by atoms with E-state index < -0.39 is 5.60 Å². The van der Waals surface area contributed by atoms with E-state index >= 15 is 0 Å². The molecule has 0 spiro atoms. The summed E-state index contributed by atoms with van der Waals surface area (Å²) in [6.45, 7) is 3.13. The van der Waals surface area contributed by atoms with Gasteiger partial charge >= 0.3 is 0 Å². The number of rotatable bonds is 3. The van der Waals surface area contributed by atoms with E-state index in [1.54, 1.807) is 0 Å². The van der Waals surface area contributed by atoms with E-state index in [1.807, 2.05) is 6.92 Å². The molecule has 2 nitrogen and oxygen atoms in total. The molecule has 16 heavy (non-hydrogen) atoms. The summed E-state index contributed by atoms with van der Waals surface area (Å²) in [5.74, 6) is 0. The van der Waals surface area contributed by atoms with E-state index in [0.717, 1.165) is 25.8 Å². The van der Waals surface area contributed by atoms with Gasteiger partial charge in [0.15, 0.2) is 0 Å². The van der Waals surface area contributed by atoms with Gasteiger partial charge in [0, 0.05) is 6.04 Å². The Balaban J connectivity index is 1.92. The zero-order chi connectivity index (χ0) is 11.4. The number of hydrogen-bond acceptors (Lipinski definition) is 2. The molecule has 0 aromatic rings. The Labute approximate surface area is 99.1 Å². The van der Waals surface area contributed by atoms with Crippen molar-refractivity contribution < 1.29 is 5.11 Å². The Bertz CT molecular complexity index is 251. The smallest absolute Gasteiger partial charge is 0.0843 e. The Hall–Kier alpha value is -0.340. The van der Waals surface area contributed by atoms with Crippen molar-refractivity contribution in [3.05, 3.63) is 11.6 Å². The maximum absolute atomic E-state index is 10.6. The second-order valence-corrected chi connectivity index (χ2v) is 5.60. The highest BCUT2D eigenvalue weighted by Gasteiger charge is 2.30. The third-order valence-electron chi connectivity index (χ3n) is 4.04. The number of allylic oxidation sites excluding steroid dienone is 1. The first-order valence-corrected chi connectivity index (χ1v) is 6.84. The first kappa shape index (κ1) is 12.1. The fraction of sp³-hybridized carbons (Fsp3) is 0.857. The van der Waals surface area contributed by atoms with Crippen molar-refractivity contribution >= 4 is 0 Å². The fourth-order valence-corrected chi connectivity index (χ4v) is 3.04. The lowest BCUT2D eigenvalue weighted by Gasteiger charge is -2.34. The van der Waals surface area contributed by atoms with Crippen LogP contribution in [0, 0.1) is 0 Å². The molecule has 1 saturated heterocycles. The average molecular weight is 223 g/mol. The second-order valence-electron chi connectivity index (χ2n) is 5.60. The molecule has 2 heteroatoms. The van der Waals surface area contributed by atoms with Gasteiger partial charge in [-0.25, -0.2) is 0 Å².